The van der Waals surface area contributed by atoms with Crippen molar-refractivity contribution in [2.75, 3.05) is 33.2 Å². The Hall–Kier alpha value is -1.82. The van der Waals surface area contributed by atoms with Crippen LogP contribution >= 0.6 is 0 Å². The lowest BCUT2D eigenvalue weighted by molar-refractivity contribution is -0.137. The molecule has 0 aromatic carbocycles. The van der Waals surface area contributed by atoms with Gasteiger partial charge < -0.3 is 19.5 Å². The van der Waals surface area contributed by atoms with Crippen molar-refractivity contribution in [3.05, 3.63) is 24.0 Å². The molecule has 2 heterocycles. The predicted molar refractivity (Wildman–Crippen MR) is 70.1 cm³/mol. The molecule has 1 fully saturated rings. The summed E-state index contributed by atoms with van der Waals surface area (Å²) in [4.78, 5) is 27.2. The van der Waals surface area contributed by atoms with Gasteiger partial charge in [0.15, 0.2) is 0 Å². The SMILES string of the molecule is CN1CCCN(C(=O)c2cccn2CC(=O)O)CC1. The maximum atomic E-state index is 12.4. The first-order chi connectivity index (χ1) is 9.08. The molecule has 0 radical (unpaired) electrons. The highest BCUT2D eigenvalue weighted by molar-refractivity contribution is 5.93. The Morgan fingerprint density at radius 3 is 2.79 bits per heavy atom. The molecule has 1 amide bonds. The molecule has 1 N–H and O–H groups in total. The summed E-state index contributed by atoms with van der Waals surface area (Å²) >= 11 is 0. The van der Waals surface area contributed by atoms with Crippen molar-refractivity contribution in [3.63, 3.8) is 0 Å². The topological polar surface area (TPSA) is 65.8 Å². The van der Waals surface area contributed by atoms with Gasteiger partial charge in [-0.25, -0.2) is 0 Å². The van der Waals surface area contributed by atoms with Gasteiger partial charge >= 0.3 is 5.97 Å². The Morgan fingerprint density at radius 1 is 1.26 bits per heavy atom. The lowest BCUT2D eigenvalue weighted by Crippen LogP contribution is -2.35. The number of hydrogen-bond acceptors (Lipinski definition) is 3. The van der Waals surface area contributed by atoms with Gasteiger partial charge in [0.05, 0.1) is 0 Å². The van der Waals surface area contributed by atoms with Crippen molar-refractivity contribution in [2.24, 2.45) is 0 Å². The van der Waals surface area contributed by atoms with Crippen molar-refractivity contribution >= 4 is 11.9 Å². The molecule has 0 unspecified atom stereocenters. The summed E-state index contributed by atoms with van der Waals surface area (Å²) in [5, 5.41) is 8.83. The van der Waals surface area contributed by atoms with Crippen LogP contribution in [0.2, 0.25) is 0 Å². The largest absolute Gasteiger partial charge is 0.480 e. The molecule has 6 nitrogen and oxygen atoms in total. The minimum atomic E-state index is -0.944. The average Bonchev–Trinajstić information content (AvgIpc) is 2.68. The Morgan fingerprint density at radius 2 is 2.05 bits per heavy atom. The third-order valence-corrected chi connectivity index (χ3v) is 3.36. The first-order valence-electron chi connectivity index (χ1n) is 6.42. The lowest BCUT2D eigenvalue weighted by atomic mass is 10.3. The van der Waals surface area contributed by atoms with Crippen LogP contribution in [0.25, 0.3) is 0 Å². The maximum absolute atomic E-state index is 12.4. The number of nitrogens with zero attached hydrogens (tertiary/aromatic N) is 3. The highest BCUT2D eigenvalue weighted by atomic mass is 16.4. The van der Waals surface area contributed by atoms with Gasteiger partial charge in [-0.3, -0.25) is 9.59 Å². The molecule has 0 aliphatic carbocycles. The fraction of sp³-hybridized carbons (Fsp3) is 0.538. The standard InChI is InChI=1S/C13H19N3O3/c1-14-5-3-7-15(9-8-14)13(19)11-4-2-6-16(11)10-12(17)18/h2,4,6H,3,5,7-10H2,1H3,(H,17,18). The minimum absolute atomic E-state index is 0.0819. The summed E-state index contributed by atoms with van der Waals surface area (Å²) < 4.78 is 1.49. The summed E-state index contributed by atoms with van der Waals surface area (Å²) in [7, 11) is 2.04. The van der Waals surface area contributed by atoms with E-state index in [2.05, 4.69) is 4.90 Å². The minimum Gasteiger partial charge on any atom is -0.480 e. The van der Waals surface area contributed by atoms with Crippen LogP contribution in [0.3, 0.4) is 0 Å². The van der Waals surface area contributed by atoms with Crippen molar-refractivity contribution < 1.29 is 14.7 Å². The molecule has 1 aliphatic heterocycles. The number of carbonyl (C=O) groups is 2. The zero-order valence-electron chi connectivity index (χ0n) is 11.1. The van der Waals surface area contributed by atoms with Gasteiger partial charge in [-0.15, -0.1) is 0 Å². The molecule has 1 aliphatic rings. The number of hydrogen-bond donors (Lipinski definition) is 1. The fourth-order valence-corrected chi connectivity index (χ4v) is 2.30. The van der Waals surface area contributed by atoms with Crippen LogP contribution in [0.1, 0.15) is 16.9 Å². The quantitative estimate of drug-likeness (QED) is 0.856. The number of likely N-dealkylation sites (N-methyl/N-ethyl adjacent to an activating group) is 1. The first kappa shape index (κ1) is 13.6. The lowest BCUT2D eigenvalue weighted by Gasteiger charge is -2.21. The smallest absolute Gasteiger partial charge is 0.323 e. The summed E-state index contributed by atoms with van der Waals surface area (Å²) in [6.07, 6.45) is 2.58. The molecule has 104 valence electrons. The van der Waals surface area contributed by atoms with Gasteiger partial charge in [0.25, 0.3) is 5.91 Å². The van der Waals surface area contributed by atoms with Crippen LogP contribution in [0, 0.1) is 0 Å². The van der Waals surface area contributed by atoms with Crippen LogP contribution in [0.4, 0.5) is 0 Å². The maximum Gasteiger partial charge on any atom is 0.323 e. The molecule has 0 saturated carbocycles. The second-order valence-corrected chi connectivity index (χ2v) is 4.86. The third-order valence-electron chi connectivity index (χ3n) is 3.36. The van der Waals surface area contributed by atoms with Crippen molar-refractivity contribution in [1.82, 2.24) is 14.4 Å². The summed E-state index contributed by atoms with van der Waals surface area (Å²) in [5.74, 6) is -1.03. The molecule has 2 rings (SSSR count). The molecule has 1 aromatic rings. The summed E-state index contributed by atoms with van der Waals surface area (Å²) in [5.41, 5.74) is 0.451. The third kappa shape index (κ3) is 3.35. The van der Waals surface area contributed by atoms with Crippen molar-refractivity contribution in [1.29, 1.82) is 0 Å². The van der Waals surface area contributed by atoms with E-state index in [9.17, 15) is 9.59 Å². The predicted octanol–water partition coefficient (Wildman–Crippen LogP) is 0.350. The Balaban J connectivity index is 2.10. The van der Waals surface area contributed by atoms with E-state index in [1.54, 1.807) is 23.2 Å². The van der Waals surface area contributed by atoms with E-state index in [1.807, 2.05) is 7.05 Å². The van der Waals surface area contributed by atoms with E-state index < -0.39 is 5.97 Å². The summed E-state index contributed by atoms with van der Waals surface area (Å²) in [6, 6.07) is 3.39. The van der Waals surface area contributed by atoms with Gasteiger partial charge in [0.2, 0.25) is 0 Å². The van der Waals surface area contributed by atoms with Crippen LogP contribution in [0.15, 0.2) is 18.3 Å². The molecule has 1 saturated heterocycles. The number of carbonyl (C=O) groups excluding carboxylic acids is 1. The number of amides is 1. The number of carboxylic acids is 1. The molecular weight excluding hydrogens is 246 g/mol. The molecule has 0 spiro atoms. The first-order valence-corrected chi connectivity index (χ1v) is 6.42. The second-order valence-electron chi connectivity index (χ2n) is 4.86. The van der Waals surface area contributed by atoms with Crippen LogP contribution in [-0.2, 0) is 11.3 Å². The van der Waals surface area contributed by atoms with Crippen LogP contribution < -0.4 is 0 Å². The zero-order chi connectivity index (χ0) is 13.8. The van der Waals surface area contributed by atoms with E-state index >= 15 is 0 Å². The van der Waals surface area contributed by atoms with Crippen molar-refractivity contribution in [3.8, 4) is 0 Å². The Labute approximate surface area is 112 Å². The highest BCUT2D eigenvalue weighted by Gasteiger charge is 2.21. The van der Waals surface area contributed by atoms with Gasteiger partial charge in [0.1, 0.15) is 12.2 Å². The fourth-order valence-electron chi connectivity index (χ4n) is 2.30. The van der Waals surface area contributed by atoms with E-state index in [-0.39, 0.29) is 12.5 Å². The zero-order valence-corrected chi connectivity index (χ0v) is 11.1. The molecular formula is C13H19N3O3. The molecule has 1 aromatic heterocycles. The van der Waals surface area contributed by atoms with E-state index in [4.69, 9.17) is 5.11 Å². The van der Waals surface area contributed by atoms with E-state index in [0.717, 1.165) is 26.1 Å². The van der Waals surface area contributed by atoms with Gasteiger partial charge in [-0.2, -0.15) is 0 Å². The van der Waals surface area contributed by atoms with E-state index in [1.165, 1.54) is 4.57 Å². The molecule has 0 atom stereocenters. The average molecular weight is 265 g/mol. The van der Waals surface area contributed by atoms with Gasteiger partial charge in [0, 0.05) is 25.8 Å². The monoisotopic (exact) mass is 265 g/mol. The highest BCUT2D eigenvalue weighted by Crippen LogP contribution is 2.10. The summed E-state index contributed by atoms with van der Waals surface area (Å²) in [6.45, 7) is 3.07. The normalized spacial score (nSPS) is 17.2. The Kier molecular flexibility index (Phi) is 4.21. The number of aromatic nitrogens is 1. The van der Waals surface area contributed by atoms with Gasteiger partial charge in [-0.1, -0.05) is 0 Å². The number of carboxylic acid groups (broad SMARTS) is 1. The van der Waals surface area contributed by atoms with Crippen molar-refractivity contribution in [2.45, 2.75) is 13.0 Å². The number of rotatable bonds is 3. The van der Waals surface area contributed by atoms with E-state index in [0.29, 0.717) is 12.2 Å². The van der Waals surface area contributed by atoms with Crippen LogP contribution in [-0.4, -0.2) is 64.6 Å². The molecule has 19 heavy (non-hydrogen) atoms. The molecule has 0 bridgehead atoms. The second kappa shape index (κ2) is 5.88. The number of aliphatic carboxylic acids is 1. The molecule has 6 heteroatoms. The van der Waals surface area contributed by atoms with Gasteiger partial charge in [-0.05, 0) is 32.1 Å². The van der Waals surface area contributed by atoms with Crippen LogP contribution in [0.5, 0.6) is 0 Å². The Bertz CT molecular complexity index is 469.